The number of fused-ring (bicyclic) bond motifs is 1. The third-order valence-corrected chi connectivity index (χ3v) is 4.55. The van der Waals surface area contributed by atoms with Gasteiger partial charge in [0.25, 0.3) is 5.91 Å². The Morgan fingerprint density at radius 2 is 2.00 bits per heavy atom. The molecule has 0 radical (unpaired) electrons. The Labute approximate surface area is 160 Å². The number of hydrogen-bond donors (Lipinski definition) is 2. The van der Waals surface area contributed by atoms with E-state index < -0.39 is 11.6 Å². The van der Waals surface area contributed by atoms with Crippen molar-refractivity contribution in [1.82, 2.24) is 20.4 Å². The molecule has 1 aromatic heterocycles. The zero-order valence-corrected chi connectivity index (χ0v) is 15.1. The van der Waals surface area contributed by atoms with Crippen molar-refractivity contribution in [3.05, 3.63) is 71.4 Å². The van der Waals surface area contributed by atoms with Gasteiger partial charge in [-0.15, -0.1) is 0 Å². The number of nitrogens with zero attached hydrogens (tertiary/aromatic N) is 2. The molecule has 0 bridgehead atoms. The van der Waals surface area contributed by atoms with E-state index in [9.17, 15) is 13.6 Å². The van der Waals surface area contributed by atoms with E-state index in [-0.39, 0.29) is 18.6 Å². The Morgan fingerprint density at radius 3 is 2.75 bits per heavy atom. The fourth-order valence-electron chi connectivity index (χ4n) is 3.20. The number of rotatable bonds is 5. The molecule has 6 nitrogen and oxygen atoms in total. The van der Waals surface area contributed by atoms with Gasteiger partial charge in [-0.1, -0.05) is 12.1 Å². The van der Waals surface area contributed by atoms with Crippen molar-refractivity contribution in [3.63, 3.8) is 0 Å². The van der Waals surface area contributed by atoms with Crippen LogP contribution in [0.15, 0.2) is 48.5 Å². The molecule has 0 saturated heterocycles. The molecule has 0 fully saturated rings. The third kappa shape index (κ3) is 3.59. The molecule has 2 N–H and O–H groups in total. The van der Waals surface area contributed by atoms with Crippen LogP contribution in [0.2, 0.25) is 0 Å². The summed E-state index contributed by atoms with van der Waals surface area (Å²) in [7, 11) is 1.58. The number of benzene rings is 2. The van der Waals surface area contributed by atoms with E-state index in [4.69, 9.17) is 4.74 Å². The number of nitrogens with one attached hydrogen (secondary N) is 2. The van der Waals surface area contributed by atoms with Crippen LogP contribution >= 0.6 is 0 Å². The maximum absolute atomic E-state index is 13.4. The molecule has 0 unspecified atom stereocenters. The standard InChI is InChI=1S/C20H18F2N4O2/c1-28-16-4-2-3-13(7-16)17-9-18-20(27)24-11-19(26(18)25-17)23-10-12-5-14(21)8-15(22)6-12/h2-9,19,23H,10-11H2,1H3,(H,24,27)/t19-/m0/s1. The molecule has 1 atom stereocenters. The average Bonchev–Trinajstić information content (AvgIpc) is 3.13. The Balaban J connectivity index is 1.60. The molecular formula is C20H18F2N4O2. The lowest BCUT2D eigenvalue weighted by Crippen LogP contribution is -2.45. The number of halogens is 2. The van der Waals surface area contributed by atoms with Crippen LogP contribution in [0.5, 0.6) is 5.75 Å². The van der Waals surface area contributed by atoms with Crippen LogP contribution in [0.3, 0.4) is 0 Å². The molecule has 0 saturated carbocycles. The van der Waals surface area contributed by atoms with Crippen molar-refractivity contribution in [1.29, 1.82) is 0 Å². The Kier molecular flexibility index (Phi) is 4.79. The van der Waals surface area contributed by atoms with E-state index in [2.05, 4.69) is 15.7 Å². The van der Waals surface area contributed by atoms with Crippen molar-refractivity contribution >= 4 is 5.91 Å². The van der Waals surface area contributed by atoms with Crippen LogP contribution in [0.1, 0.15) is 22.2 Å². The largest absolute Gasteiger partial charge is 0.497 e. The smallest absolute Gasteiger partial charge is 0.269 e. The molecule has 0 spiro atoms. The van der Waals surface area contributed by atoms with Crippen molar-refractivity contribution < 1.29 is 18.3 Å². The van der Waals surface area contributed by atoms with Gasteiger partial charge in [-0.25, -0.2) is 13.5 Å². The van der Waals surface area contributed by atoms with Gasteiger partial charge in [0, 0.05) is 18.2 Å². The first-order valence-corrected chi connectivity index (χ1v) is 8.74. The highest BCUT2D eigenvalue weighted by molar-refractivity contribution is 5.94. The zero-order valence-electron chi connectivity index (χ0n) is 15.1. The molecular weight excluding hydrogens is 366 g/mol. The molecule has 2 aromatic carbocycles. The zero-order chi connectivity index (χ0) is 19.7. The number of aromatic nitrogens is 2. The molecule has 4 rings (SSSR count). The summed E-state index contributed by atoms with van der Waals surface area (Å²) in [6.07, 6.45) is -0.349. The summed E-state index contributed by atoms with van der Waals surface area (Å²) >= 11 is 0. The van der Waals surface area contributed by atoms with Crippen molar-refractivity contribution in [3.8, 4) is 17.0 Å². The molecule has 8 heteroatoms. The Hall–Kier alpha value is -3.26. The number of methoxy groups -OCH3 is 1. The van der Waals surface area contributed by atoms with Gasteiger partial charge in [0.05, 0.1) is 19.3 Å². The van der Waals surface area contributed by atoms with Gasteiger partial charge in [-0.05, 0) is 35.9 Å². The minimum Gasteiger partial charge on any atom is -0.497 e. The highest BCUT2D eigenvalue weighted by Crippen LogP contribution is 2.26. The lowest BCUT2D eigenvalue weighted by molar-refractivity contribution is 0.0900. The monoisotopic (exact) mass is 384 g/mol. The first-order chi connectivity index (χ1) is 13.5. The Bertz CT molecular complexity index is 1010. The summed E-state index contributed by atoms with van der Waals surface area (Å²) < 4.78 is 33.6. The number of hydrogen-bond acceptors (Lipinski definition) is 4. The minimum atomic E-state index is -0.631. The molecule has 28 heavy (non-hydrogen) atoms. The molecule has 1 aliphatic heterocycles. The van der Waals surface area contributed by atoms with Crippen LogP contribution in [0.4, 0.5) is 8.78 Å². The van der Waals surface area contributed by atoms with E-state index in [1.54, 1.807) is 17.9 Å². The lowest BCUT2D eigenvalue weighted by atomic mass is 10.1. The molecule has 144 valence electrons. The number of ether oxygens (including phenoxy) is 1. The van der Waals surface area contributed by atoms with E-state index in [1.807, 2.05) is 24.3 Å². The average molecular weight is 384 g/mol. The van der Waals surface area contributed by atoms with Crippen LogP contribution in [-0.4, -0.2) is 29.3 Å². The summed E-state index contributed by atoms with van der Waals surface area (Å²) in [5.41, 5.74) is 2.33. The fourth-order valence-corrected chi connectivity index (χ4v) is 3.20. The van der Waals surface area contributed by atoms with E-state index >= 15 is 0 Å². The maximum atomic E-state index is 13.4. The number of amides is 1. The second-order valence-corrected chi connectivity index (χ2v) is 6.48. The topological polar surface area (TPSA) is 68.2 Å². The number of carbonyl (C=O) groups is 1. The predicted molar refractivity (Wildman–Crippen MR) is 98.8 cm³/mol. The number of carbonyl (C=O) groups excluding carboxylic acids is 1. The Morgan fingerprint density at radius 1 is 1.21 bits per heavy atom. The fraction of sp³-hybridized carbons (Fsp3) is 0.200. The second-order valence-electron chi connectivity index (χ2n) is 6.48. The summed E-state index contributed by atoms with van der Waals surface area (Å²) in [5, 5.41) is 10.5. The maximum Gasteiger partial charge on any atom is 0.269 e. The highest BCUT2D eigenvalue weighted by Gasteiger charge is 2.27. The van der Waals surface area contributed by atoms with Gasteiger partial charge in [0.2, 0.25) is 0 Å². The lowest BCUT2D eigenvalue weighted by Gasteiger charge is -2.25. The van der Waals surface area contributed by atoms with Crippen LogP contribution in [-0.2, 0) is 6.54 Å². The molecule has 1 aliphatic rings. The van der Waals surface area contributed by atoms with E-state index in [0.29, 0.717) is 29.2 Å². The summed E-state index contributed by atoms with van der Waals surface area (Å²) in [6.45, 7) is 0.534. The van der Waals surface area contributed by atoms with Crippen LogP contribution < -0.4 is 15.4 Å². The SMILES string of the molecule is COc1cccc(-c2cc3n(n2)[C@H](NCc2cc(F)cc(F)c2)CNC3=O)c1. The predicted octanol–water partition coefficient (Wildman–Crippen LogP) is 2.87. The molecule has 2 heterocycles. The van der Waals surface area contributed by atoms with Gasteiger partial charge < -0.3 is 10.1 Å². The van der Waals surface area contributed by atoms with Gasteiger partial charge in [-0.3, -0.25) is 10.1 Å². The second kappa shape index (κ2) is 7.40. The molecule has 3 aromatic rings. The van der Waals surface area contributed by atoms with Crippen molar-refractivity contribution in [2.45, 2.75) is 12.7 Å². The summed E-state index contributed by atoms with van der Waals surface area (Å²) in [5.74, 6) is -0.796. The van der Waals surface area contributed by atoms with E-state index in [0.717, 1.165) is 11.6 Å². The van der Waals surface area contributed by atoms with Gasteiger partial charge in [0.15, 0.2) is 0 Å². The van der Waals surface area contributed by atoms with Gasteiger partial charge >= 0.3 is 0 Å². The van der Waals surface area contributed by atoms with Crippen molar-refractivity contribution in [2.24, 2.45) is 0 Å². The molecule has 1 amide bonds. The van der Waals surface area contributed by atoms with Crippen LogP contribution in [0.25, 0.3) is 11.3 Å². The van der Waals surface area contributed by atoms with Gasteiger partial charge in [0.1, 0.15) is 29.2 Å². The third-order valence-electron chi connectivity index (χ3n) is 4.55. The molecule has 0 aliphatic carbocycles. The van der Waals surface area contributed by atoms with Gasteiger partial charge in [-0.2, -0.15) is 5.10 Å². The first kappa shape index (κ1) is 18.1. The quantitative estimate of drug-likeness (QED) is 0.710. The summed E-state index contributed by atoms with van der Waals surface area (Å²) in [6, 6.07) is 12.5. The highest BCUT2D eigenvalue weighted by atomic mass is 19.1. The van der Waals surface area contributed by atoms with Crippen molar-refractivity contribution in [2.75, 3.05) is 13.7 Å². The van der Waals surface area contributed by atoms with E-state index in [1.165, 1.54) is 12.1 Å². The first-order valence-electron chi connectivity index (χ1n) is 8.74. The normalized spacial score (nSPS) is 15.8. The summed E-state index contributed by atoms with van der Waals surface area (Å²) in [4.78, 5) is 12.2. The minimum absolute atomic E-state index is 0.225. The van der Waals surface area contributed by atoms with Crippen LogP contribution in [0, 0.1) is 11.6 Å².